The van der Waals surface area contributed by atoms with Crippen LogP contribution in [0.1, 0.15) is 42.7 Å². The minimum Gasteiger partial charge on any atom is -0.394 e. The maximum absolute atomic E-state index is 12.4. The van der Waals surface area contributed by atoms with Crippen LogP contribution >= 0.6 is 0 Å². The third-order valence-corrected chi connectivity index (χ3v) is 3.49. The highest BCUT2D eigenvalue weighted by molar-refractivity contribution is 5.94. The first-order chi connectivity index (χ1) is 9.69. The fourth-order valence-corrected chi connectivity index (χ4v) is 1.82. The molecule has 1 aromatic rings. The van der Waals surface area contributed by atoms with Gasteiger partial charge in [0.25, 0.3) is 11.5 Å². The van der Waals surface area contributed by atoms with Crippen LogP contribution in [0.25, 0.3) is 0 Å². The van der Waals surface area contributed by atoms with Crippen LogP contribution in [0.4, 0.5) is 13.2 Å². The van der Waals surface area contributed by atoms with Gasteiger partial charge in [-0.25, -0.2) is 0 Å². The number of halogens is 3. The summed E-state index contributed by atoms with van der Waals surface area (Å²) in [7, 11) is 0. The number of pyridine rings is 1. The minimum atomic E-state index is -4.68. The van der Waals surface area contributed by atoms with Gasteiger partial charge in [0, 0.05) is 0 Å². The lowest BCUT2D eigenvalue weighted by molar-refractivity contribution is -0.141. The summed E-state index contributed by atoms with van der Waals surface area (Å²) >= 11 is 0. The molecule has 0 fully saturated rings. The number of carbonyl (C=O) groups is 1. The standard InChI is InChI=1S/C13H17F3N2O3/c1-3-12(4-2,7-19)18-11(21)8-5-6-9(13(14,15)16)17-10(8)20/h5-6,19H,3-4,7H2,1-2H3,(H,17,20)(H,18,21). The molecule has 1 aromatic heterocycles. The molecule has 0 unspecified atom stereocenters. The van der Waals surface area contributed by atoms with Gasteiger partial charge in [-0.3, -0.25) is 9.59 Å². The van der Waals surface area contributed by atoms with Crippen LogP contribution in [0, 0.1) is 0 Å². The average Bonchev–Trinajstić information content (AvgIpc) is 2.43. The van der Waals surface area contributed by atoms with Crippen molar-refractivity contribution < 1.29 is 23.1 Å². The van der Waals surface area contributed by atoms with Crippen LogP contribution < -0.4 is 10.9 Å². The van der Waals surface area contributed by atoms with Crippen LogP contribution in [-0.4, -0.2) is 28.1 Å². The number of rotatable bonds is 5. The molecule has 0 atom stereocenters. The molecule has 0 saturated heterocycles. The number of aromatic amines is 1. The summed E-state index contributed by atoms with van der Waals surface area (Å²) in [6, 6.07) is 1.46. The lowest BCUT2D eigenvalue weighted by Crippen LogP contribution is -2.51. The van der Waals surface area contributed by atoms with Crippen molar-refractivity contribution in [1.29, 1.82) is 0 Å². The lowest BCUT2D eigenvalue weighted by Gasteiger charge is -2.30. The number of nitrogens with one attached hydrogen (secondary N) is 2. The van der Waals surface area contributed by atoms with E-state index in [0.29, 0.717) is 18.9 Å². The number of aliphatic hydroxyl groups is 1. The van der Waals surface area contributed by atoms with Gasteiger partial charge >= 0.3 is 6.18 Å². The Bertz CT molecular complexity index is 554. The molecule has 1 heterocycles. The van der Waals surface area contributed by atoms with Gasteiger partial charge in [0.05, 0.1) is 12.1 Å². The molecule has 0 spiro atoms. The van der Waals surface area contributed by atoms with Gasteiger partial charge in [-0.05, 0) is 25.0 Å². The molecule has 0 aromatic carbocycles. The Kier molecular flexibility index (Phi) is 5.16. The van der Waals surface area contributed by atoms with Crippen LogP contribution in [0.5, 0.6) is 0 Å². The van der Waals surface area contributed by atoms with Crippen molar-refractivity contribution in [1.82, 2.24) is 10.3 Å². The van der Waals surface area contributed by atoms with Gasteiger partial charge in [0.2, 0.25) is 0 Å². The number of alkyl halides is 3. The van der Waals surface area contributed by atoms with Crippen molar-refractivity contribution in [2.24, 2.45) is 0 Å². The predicted octanol–water partition coefficient (Wildman–Crippen LogP) is 1.67. The predicted molar refractivity (Wildman–Crippen MR) is 69.9 cm³/mol. The first-order valence-electron chi connectivity index (χ1n) is 6.43. The lowest BCUT2D eigenvalue weighted by atomic mass is 9.93. The largest absolute Gasteiger partial charge is 0.431 e. The first kappa shape index (κ1) is 17.2. The quantitative estimate of drug-likeness (QED) is 0.774. The van der Waals surface area contributed by atoms with Crippen molar-refractivity contribution in [3.8, 4) is 0 Å². The SMILES string of the molecule is CCC(CC)(CO)NC(=O)c1ccc(C(F)(F)F)[nH]c1=O. The normalized spacial score (nSPS) is 12.3. The molecular formula is C13H17F3N2O3. The Balaban J connectivity index is 3.07. The van der Waals surface area contributed by atoms with E-state index in [2.05, 4.69) is 5.32 Å². The molecule has 0 aliphatic rings. The number of carbonyl (C=O) groups excluding carboxylic acids is 1. The van der Waals surface area contributed by atoms with E-state index in [9.17, 15) is 27.9 Å². The van der Waals surface area contributed by atoms with Crippen LogP contribution in [-0.2, 0) is 6.18 Å². The summed E-state index contributed by atoms with van der Waals surface area (Å²) in [5.74, 6) is -0.817. The molecule has 5 nitrogen and oxygen atoms in total. The Morgan fingerprint density at radius 3 is 2.24 bits per heavy atom. The molecule has 8 heteroatoms. The summed E-state index contributed by atoms with van der Waals surface area (Å²) < 4.78 is 37.3. The topological polar surface area (TPSA) is 82.2 Å². The summed E-state index contributed by atoms with van der Waals surface area (Å²) in [5.41, 5.74) is -3.67. The van der Waals surface area contributed by atoms with Crippen molar-refractivity contribution in [3.63, 3.8) is 0 Å². The third kappa shape index (κ3) is 3.84. The molecule has 0 radical (unpaired) electrons. The maximum Gasteiger partial charge on any atom is 0.431 e. The minimum absolute atomic E-state index is 0.329. The summed E-state index contributed by atoms with van der Waals surface area (Å²) in [4.78, 5) is 25.2. The number of aliphatic hydroxyl groups excluding tert-OH is 1. The van der Waals surface area contributed by atoms with Gasteiger partial charge in [-0.15, -0.1) is 0 Å². The van der Waals surface area contributed by atoms with E-state index in [1.54, 1.807) is 18.8 Å². The summed E-state index contributed by atoms with van der Waals surface area (Å²) in [6.07, 6.45) is -3.84. The van der Waals surface area contributed by atoms with E-state index >= 15 is 0 Å². The van der Waals surface area contributed by atoms with E-state index in [4.69, 9.17) is 0 Å². The highest BCUT2D eigenvalue weighted by atomic mass is 19.4. The Morgan fingerprint density at radius 1 is 1.29 bits per heavy atom. The van der Waals surface area contributed by atoms with Gasteiger partial charge in [0.15, 0.2) is 0 Å². The summed E-state index contributed by atoms with van der Waals surface area (Å²) in [5, 5.41) is 11.8. The molecule has 0 aliphatic carbocycles. The average molecular weight is 306 g/mol. The first-order valence-corrected chi connectivity index (χ1v) is 6.43. The van der Waals surface area contributed by atoms with E-state index in [-0.39, 0.29) is 6.61 Å². The Hall–Kier alpha value is -1.83. The molecule has 21 heavy (non-hydrogen) atoms. The zero-order valence-electron chi connectivity index (χ0n) is 11.7. The number of hydrogen-bond acceptors (Lipinski definition) is 3. The van der Waals surface area contributed by atoms with E-state index in [1.165, 1.54) is 0 Å². The van der Waals surface area contributed by atoms with Crippen molar-refractivity contribution in [2.75, 3.05) is 6.61 Å². The molecule has 0 bridgehead atoms. The highest BCUT2D eigenvalue weighted by Crippen LogP contribution is 2.26. The molecule has 1 rings (SSSR count). The number of H-pyrrole nitrogens is 1. The Labute approximate surface area is 119 Å². The summed E-state index contributed by atoms with van der Waals surface area (Å²) in [6.45, 7) is 3.16. The second kappa shape index (κ2) is 6.30. The van der Waals surface area contributed by atoms with Crippen molar-refractivity contribution >= 4 is 5.91 Å². The molecule has 118 valence electrons. The van der Waals surface area contributed by atoms with E-state index in [1.807, 2.05) is 0 Å². The van der Waals surface area contributed by atoms with Crippen molar-refractivity contribution in [3.05, 3.63) is 33.7 Å². The van der Waals surface area contributed by atoms with Gasteiger partial charge in [-0.2, -0.15) is 13.2 Å². The van der Waals surface area contributed by atoms with Gasteiger partial charge in [0.1, 0.15) is 11.3 Å². The Morgan fingerprint density at radius 2 is 1.86 bits per heavy atom. The fourth-order valence-electron chi connectivity index (χ4n) is 1.82. The maximum atomic E-state index is 12.4. The molecule has 1 amide bonds. The third-order valence-electron chi connectivity index (χ3n) is 3.49. The molecule has 3 N–H and O–H groups in total. The molecular weight excluding hydrogens is 289 g/mol. The zero-order chi connectivity index (χ0) is 16.3. The number of amides is 1. The monoisotopic (exact) mass is 306 g/mol. The number of aromatic nitrogens is 1. The molecule has 0 aliphatic heterocycles. The van der Waals surface area contributed by atoms with Crippen LogP contribution in [0.15, 0.2) is 16.9 Å². The number of hydrogen-bond donors (Lipinski definition) is 3. The zero-order valence-corrected chi connectivity index (χ0v) is 11.7. The second-order valence-corrected chi connectivity index (χ2v) is 4.71. The van der Waals surface area contributed by atoms with Gasteiger partial charge in [-0.1, -0.05) is 13.8 Å². The van der Waals surface area contributed by atoms with E-state index in [0.717, 1.165) is 6.07 Å². The van der Waals surface area contributed by atoms with Gasteiger partial charge < -0.3 is 15.4 Å². The highest BCUT2D eigenvalue weighted by Gasteiger charge is 2.33. The van der Waals surface area contributed by atoms with Crippen LogP contribution in [0.3, 0.4) is 0 Å². The molecule has 0 saturated carbocycles. The second-order valence-electron chi connectivity index (χ2n) is 4.71. The van der Waals surface area contributed by atoms with Crippen LogP contribution in [0.2, 0.25) is 0 Å². The fraction of sp³-hybridized carbons (Fsp3) is 0.538. The van der Waals surface area contributed by atoms with E-state index < -0.39 is 34.4 Å². The van der Waals surface area contributed by atoms with Crippen molar-refractivity contribution in [2.45, 2.75) is 38.4 Å². The smallest absolute Gasteiger partial charge is 0.394 e.